The summed E-state index contributed by atoms with van der Waals surface area (Å²) in [6.45, 7) is 7.06. The van der Waals surface area contributed by atoms with Gasteiger partial charge in [-0.15, -0.1) is 0 Å². The topological polar surface area (TPSA) is 101 Å². The molecular weight excluding hydrogens is 435 g/mol. The first-order chi connectivity index (χ1) is 16.3. The van der Waals surface area contributed by atoms with Crippen molar-refractivity contribution in [2.75, 3.05) is 35.2 Å². The van der Waals surface area contributed by atoms with Crippen molar-refractivity contribution in [2.45, 2.75) is 51.6 Å². The number of fused-ring (bicyclic) bond motifs is 1. The first-order valence-electron chi connectivity index (χ1n) is 11.7. The maximum Gasteiger partial charge on any atom is 0.249 e. The summed E-state index contributed by atoms with van der Waals surface area (Å²) in [6, 6.07) is 7.96. The highest BCUT2D eigenvalue weighted by molar-refractivity contribution is 6.09. The lowest BCUT2D eigenvalue weighted by Gasteiger charge is -2.46. The summed E-state index contributed by atoms with van der Waals surface area (Å²) in [5.41, 5.74) is 1.69. The predicted molar refractivity (Wildman–Crippen MR) is 128 cm³/mol. The largest absolute Gasteiger partial charge is 0.384 e. The van der Waals surface area contributed by atoms with Crippen molar-refractivity contribution < 1.29 is 14.0 Å². The molecule has 2 N–H and O–H groups in total. The molecule has 1 aromatic carbocycles. The van der Waals surface area contributed by atoms with Gasteiger partial charge in [-0.2, -0.15) is 5.26 Å². The van der Waals surface area contributed by atoms with Gasteiger partial charge in [0.1, 0.15) is 23.1 Å². The molecule has 2 aliphatic rings. The van der Waals surface area contributed by atoms with Crippen LogP contribution in [0.4, 0.5) is 21.5 Å². The molecule has 1 fully saturated rings. The molecule has 1 unspecified atom stereocenters. The molecule has 9 heteroatoms. The number of anilines is 3. The predicted octanol–water partition coefficient (Wildman–Crippen LogP) is 3.60. The summed E-state index contributed by atoms with van der Waals surface area (Å²) >= 11 is 0. The molecule has 0 aliphatic carbocycles. The third-order valence-electron chi connectivity index (χ3n) is 6.82. The molecule has 3 heterocycles. The number of halogens is 1. The molecule has 178 valence electrons. The van der Waals surface area contributed by atoms with E-state index in [1.165, 1.54) is 25.3 Å². The molecular formula is C25H29FN6O2. The lowest BCUT2D eigenvalue weighted by atomic mass is 9.84. The van der Waals surface area contributed by atoms with Crippen molar-refractivity contribution in [3.8, 4) is 6.07 Å². The fourth-order valence-electron chi connectivity index (χ4n) is 5.38. The van der Waals surface area contributed by atoms with E-state index in [0.29, 0.717) is 48.7 Å². The molecule has 0 saturated carbocycles. The number of nitrogens with zero attached hydrogens (tertiary/aromatic N) is 4. The van der Waals surface area contributed by atoms with Gasteiger partial charge in [-0.1, -0.05) is 6.92 Å². The van der Waals surface area contributed by atoms with Gasteiger partial charge >= 0.3 is 0 Å². The second kappa shape index (κ2) is 9.39. The summed E-state index contributed by atoms with van der Waals surface area (Å²) < 4.78 is 14.6. The zero-order valence-electron chi connectivity index (χ0n) is 19.7. The summed E-state index contributed by atoms with van der Waals surface area (Å²) in [7, 11) is 0. The van der Waals surface area contributed by atoms with E-state index in [1.807, 2.05) is 19.9 Å². The molecule has 0 radical (unpaired) electrons. The van der Waals surface area contributed by atoms with E-state index in [4.69, 9.17) is 5.26 Å². The minimum Gasteiger partial charge on any atom is -0.384 e. The molecule has 34 heavy (non-hydrogen) atoms. The van der Waals surface area contributed by atoms with Crippen LogP contribution in [0, 0.1) is 17.1 Å². The molecule has 1 saturated heterocycles. The number of piperidine rings is 1. The number of hydrogen-bond acceptors (Lipinski definition) is 6. The van der Waals surface area contributed by atoms with Crippen LogP contribution in [-0.4, -0.2) is 47.4 Å². The van der Waals surface area contributed by atoms with Crippen LogP contribution in [0.3, 0.4) is 0 Å². The Hall–Kier alpha value is -3.51. The molecule has 0 spiro atoms. The Morgan fingerprint density at radius 3 is 2.82 bits per heavy atom. The fourth-order valence-corrected chi connectivity index (χ4v) is 5.38. The molecule has 2 atom stereocenters. The number of nitriles is 1. The van der Waals surface area contributed by atoms with Gasteiger partial charge in [-0.3, -0.25) is 14.5 Å². The van der Waals surface area contributed by atoms with E-state index < -0.39 is 11.4 Å². The van der Waals surface area contributed by atoms with E-state index in [0.717, 1.165) is 12.8 Å². The number of hydrogen-bond donors (Lipinski definition) is 2. The Bertz CT molecular complexity index is 1150. The minimum atomic E-state index is -1.02. The van der Waals surface area contributed by atoms with E-state index in [1.54, 1.807) is 17.0 Å². The van der Waals surface area contributed by atoms with Crippen LogP contribution in [0.15, 0.2) is 30.5 Å². The van der Waals surface area contributed by atoms with E-state index in [9.17, 15) is 14.0 Å². The molecule has 0 bridgehead atoms. The van der Waals surface area contributed by atoms with Crippen molar-refractivity contribution in [2.24, 2.45) is 0 Å². The first kappa shape index (κ1) is 23.6. The first-order valence-corrected chi connectivity index (χ1v) is 11.7. The Balaban J connectivity index is 1.71. The number of nitrogens with one attached hydrogen (secondary N) is 2. The lowest BCUT2D eigenvalue weighted by molar-refractivity contribution is -0.129. The van der Waals surface area contributed by atoms with E-state index in [2.05, 4.69) is 20.5 Å². The highest BCUT2D eigenvalue weighted by Gasteiger charge is 2.52. The normalized spacial score (nSPS) is 22.0. The summed E-state index contributed by atoms with van der Waals surface area (Å²) in [6.07, 6.45) is 3.53. The van der Waals surface area contributed by atoms with Crippen LogP contribution >= 0.6 is 0 Å². The average molecular weight is 465 g/mol. The zero-order chi connectivity index (χ0) is 24.5. The van der Waals surface area contributed by atoms with Gasteiger partial charge in [0, 0.05) is 31.6 Å². The molecule has 2 amide bonds. The standard InChI is InChI=1S/C25H29FN6O2/c1-4-25(21-11-17(26)12-22(28-5-2)23(21)30-24(25)34)31-10-6-7-20(15-31)32(16(3)33)19-9-8-18(13-27)29-14-19/h8-9,11-12,14,20,28H,4-7,10,15H2,1-3H3,(H,30,34)/t20-,25?/m1/s1. The van der Waals surface area contributed by atoms with Crippen molar-refractivity contribution in [3.05, 3.63) is 47.5 Å². The van der Waals surface area contributed by atoms with Gasteiger partial charge in [-0.05, 0) is 57.0 Å². The molecule has 2 aromatic rings. The lowest BCUT2D eigenvalue weighted by Crippen LogP contribution is -2.58. The minimum absolute atomic E-state index is 0.138. The summed E-state index contributed by atoms with van der Waals surface area (Å²) in [5, 5.41) is 15.2. The number of carbonyl (C=O) groups excluding carboxylic acids is 2. The zero-order valence-corrected chi connectivity index (χ0v) is 19.7. The van der Waals surface area contributed by atoms with Gasteiger partial charge < -0.3 is 15.5 Å². The highest BCUT2D eigenvalue weighted by Crippen LogP contribution is 2.47. The molecule has 4 rings (SSSR count). The average Bonchev–Trinajstić information content (AvgIpc) is 3.12. The third kappa shape index (κ3) is 3.88. The molecule has 8 nitrogen and oxygen atoms in total. The monoisotopic (exact) mass is 464 g/mol. The van der Waals surface area contributed by atoms with Crippen LogP contribution in [-0.2, 0) is 15.1 Å². The van der Waals surface area contributed by atoms with Crippen molar-refractivity contribution in [3.63, 3.8) is 0 Å². The maximum atomic E-state index is 14.6. The number of carbonyl (C=O) groups is 2. The van der Waals surface area contributed by atoms with Gasteiger partial charge in [0.15, 0.2) is 0 Å². The second-order valence-electron chi connectivity index (χ2n) is 8.72. The fraction of sp³-hybridized carbons (Fsp3) is 0.440. The molecule has 2 aliphatic heterocycles. The number of amides is 2. The Kier molecular flexibility index (Phi) is 6.53. The van der Waals surface area contributed by atoms with Gasteiger partial charge in [0.2, 0.25) is 11.8 Å². The van der Waals surface area contributed by atoms with Crippen LogP contribution < -0.4 is 15.5 Å². The van der Waals surface area contributed by atoms with Crippen LogP contribution in [0.1, 0.15) is 51.3 Å². The summed E-state index contributed by atoms with van der Waals surface area (Å²) in [5.74, 6) is -0.711. The van der Waals surface area contributed by atoms with Crippen molar-refractivity contribution in [1.82, 2.24) is 9.88 Å². The number of rotatable bonds is 6. The summed E-state index contributed by atoms with van der Waals surface area (Å²) in [4.78, 5) is 34.0. The van der Waals surface area contributed by atoms with E-state index in [-0.39, 0.29) is 23.6 Å². The van der Waals surface area contributed by atoms with Gasteiger partial charge in [0.25, 0.3) is 0 Å². The van der Waals surface area contributed by atoms with Crippen LogP contribution in [0.5, 0.6) is 0 Å². The number of pyridine rings is 1. The second-order valence-corrected chi connectivity index (χ2v) is 8.72. The Morgan fingerprint density at radius 1 is 1.41 bits per heavy atom. The highest BCUT2D eigenvalue weighted by atomic mass is 19.1. The number of likely N-dealkylation sites (tertiary alicyclic amines) is 1. The SMILES string of the molecule is CCNc1cc(F)cc2c1NC(=O)C2(CC)N1CCC[C@@H](N(C(C)=O)c2ccc(C#N)nc2)C1. The maximum absolute atomic E-state index is 14.6. The Morgan fingerprint density at radius 2 is 2.21 bits per heavy atom. The number of aromatic nitrogens is 1. The van der Waals surface area contributed by atoms with Crippen molar-refractivity contribution >= 4 is 28.9 Å². The van der Waals surface area contributed by atoms with Crippen molar-refractivity contribution in [1.29, 1.82) is 5.26 Å². The Labute approximate surface area is 198 Å². The quantitative estimate of drug-likeness (QED) is 0.677. The number of benzene rings is 1. The van der Waals surface area contributed by atoms with E-state index >= 15 is 0 Å². The van der Waals surface area contributed by atoms with Gasteiger partial charge in [0.05, 0.1) is 23.3 Å². The van der Waals surface area contributed by atoms with Gasteiger partial charge in [-0.25, -0.2) is 9.37 Å². The smallest absolute Gasteiger partial charge is 0.249 e. The van der Waals surface area contributed by atoms with Crippen LogP contribution in [0.25, 0.3) is 0 Å². The third-order valence-corrected chi connectivity index (χ3v) is 6.82. The molecule has 1 aromatic heterocycles. The van der Waals surface area contributed by atoms with Crippen LogP contribution in [0.2, 0.25) is 0 Å².